The summed E-state index contributed by atoms with van der Waals surface area (Å²) in [6, 6.07) is -6.00. The van der Waals surface area contributed by atoms with Crippen LogP contribution < -0.4 is 16.0 Å². The molecular formula is C66H111N3O51. The summed E-state index contributed by atoms with van der Waals surface area (Å²) < 4.78 is 113. The maximum absolute atomic E-state index is 13.2. The number of carbonyl (C=O) groups is 3. The van der Waals surface area contributed by atoms with E-state index in [4.69, 9.17) is 90.0 Å². The van der Waals surface area contributed by atoms with Crippen LogP contribution in [-0.4, -0.2) is 539 Å². The Balaban J connectivity index is 1.00. The third kappa shape index (κ3) is 21.2. The average Bonchev–Trinajstić information content (AvgIpc) is 0.762. The summed E-state index contributed by atoms with van der Waals surface area (Å²) in [6.07, 6.45) is -100. The van der Waals surface area contributed by atoms with E-state index < -0.39 is 391 Å². The number of carbonyl (C=O) groups excluding carboxylic acids is 3. The molecule has 10 heterocycles. The molecule has 0 aromatic carbocycles. The van der Waals surface area contributed by atoms with Gasteiger partial charge in [0, 0.05) is 20.8 Å². The van der Waals surface area contributed by atoms with E-state index in [1.54, 1.807) is 0 Å². The number of aliphatic hydroxyl groups excluding tert-OH is 29. The molecule has 10 aliphatic rings. The normalized spacial score (nSPS) is 50.4. The Labute approximate surface area is 678 Å². The molecule has 1 unspecified atom stereocenters. The van der Waals surface area contributed by atoms with E-state index >= 15 is 0 Å². The second-order valence-electron chi connectivity index (χ2n) is 30.2. The molecular weight excluding hydrogens is 1650 g/mol. The number of hydrogen-bond donors (Lipinski definition) is 32. The lowest BCUT2D eigenvalue weighted by molar-refractivity contribution is -0.407. The minimum Gasteiger partial charge on any atom is -0.394 e. The quantitative estimate of drug-likeness (QED) is 0.0306. The molecule has 50 atom stereocenters. The number of nitrogens with one attached hydrogen (secondary N) is 3. The number of amides is 3. The number of rotatable bonds is 31. The van der Waals surface area contributed by atoms with Gasteiger partial charge in [0.25, 0.3) is 0 Å². The molecule has 54 nitrogen and oxygen atoms in total. The lowest BCUT2D eigenvalue weighted by Gasteiger charge is -2.52. The molecule has 0 aromatic heterocycles. The van der Waals surface area contributed by atoms with Gasteiger partial charge in [-0.25, -0.2) is 0 Å². The minimum atomic E-state index is -2.62. The van der Waals surface area contributed by atoms with Gasteiger partial charge in [-0.15, -0.1) is 0 Å². The van der Waals surface area contributed by atoms with Crippen molar-refractivity contribution >= 4 is 17.7 Å². The molecule has 696 valence electrons. The van der Waals surface area contributed by atoms with Crippen LogP contribution in [-0.2, 0) is 104 Å². The lowest BCUT2D eigenvalue weighted by atomic mass is 9.93. The first-order chi connectivity index (χ1) is 56.8. The van der Waals surface area contributed by atoms with Crippen LogP contribution in [0.1, 0.15) is 20.8 Å². The van der Waals surface area contributed by atoms with E-state index in [1.807, 2.05) is 0 Å². The van der Waals surface area contributed by atoms with Crippen LogP contribution in [0.25, 0.3) is 0 Å². The monoisotopic (exact) mass is 1760 g/mol. The van der Waals surface area contributed by atoms with Gasteiger partial charge in [0.15, 0.2) is 62.9 Å². The molecule has 0 radical (unpaired) electrons. The fraction of sp³-hybridized carbons (Fsp3) is 0.955. The van der Waals surface area contributed by atoms with E-state index in [0.29, 0.717) is 0 Å². The summed E-state index contributed by atoms with van der Waals surface area (Å²) in [6.45, 7) is -8.61. The van der Waals surface area contributed by atoms with Crippen molar-refractivity contribution in [1.82, 2.24) is 16.0 Å². The summed E-state index contributed by atoms with van der Waals surface area (Å²) in [5.74, 6) is -2.96. The first kappa shape index (κ1) is 98.7. The smallest absolute Gasteiger partial charge is 0.217 e. The molecule has 32 N–H and O–H groups in total. The topological polar surface area (TPSA) is 849 Å². The standard InChI is InChI=1S/C66H111N3O51/c1-14(79)67-27-35(87)49(114-61-44(96)38(90)30(82)17(4-70)104-61)22(9-75)108-58(27)113-53-25(12-78)111-66(56(47(53)99)120-60-29(69-16(3)81)37(89)51(24(11-77)110-60)116-63-46(98)40(92)32(84)19(6-72)106-63)118-54-34(86)26(112-64(48(54)100)117-52-21(8-74)103-57(101)43(95)42(52)94)13-102-65-55(41(93)33(85)20(7-73)107-65)119-59-28(68-15(2)80)36(88)50(23(10-76)109-59)115-62-45(97)39(91)31(83)18(5-71)105-62/h17-66,70-78,82-101H,4-13H2,1-3H3,(H,67,79)(H,68,80)(H,69,81)/t17-,18-,19-,20-,21-,22-,23-,24-,25-,26-,27-,28-,29-,30+,31+,32+,33-,34-,35-,36-,37-,38+,39+,40+,41+,42-,43-,44-,45-,46-,47+,48+,49-,50-,51-,52-,53-,54+,55+,56+,57?,58+,59+,60+,61+,62+,63+,64+,65+,66-/m1/s1. The summed E-state index contributed by atoms with van der Waals surface area (Å²) in [5.41, 5.74) is 0. The van der Waals surface area contributed by atoms with E-state index in [1.165, 1.54) is 0 Å². The van der Waals surface area contributed by atoms with Crippen LogP contribution >= 0.6 is 0 Å². The van der Waals surface area contributed by atoms with Crippen molar-refractivity contribution in [2.75, 3.05) is 66.1 Å². The van der Waals surface area contributed by atoms with Crippen LogP contribution in [0.3, 0.4) is 0 Å². The highest BCUT2D eigenvalue weighted by atomic mass is 16.8. The third-order valence-corrected chi connectivity index (χ3v) is 22.1. The molecule has 0 saturated carbocycles. The largest absolute Gasteiger partial charge is 0.394 e. The molecule has 10 saturated heterocycles. The Kier molecular flexibility index (Phi) is 35.4. The van der Waals surface area contributed by atoms with Crippen molar-refractivity contribution in [3.8, 4) is 0 Å². The molecule has 0 aromatic rings. The zero-order valence-corrected chi connectivity index (χ0v) is 63.9. The average molecular weight is 1760 g/mol. The zero-order valence-electron chi connectivity index (χ0n) is 63.9. The molecule has 0 bridgehead atoms. The van der Waals surface area contributed by atoms with E-state index in [2.05, 4.69) is 16.0 Å². The van der Waals surface area contributed by atoms with Crippen molar-refractivity contribution in [2.24, 2.45) is 0 Å². The van der Waals surface area contributed by atoms with E-state index in [0.717, 1.165) is 20.8 Å². The van der Waals surface area contributed by atoms with Crippen molar-refractivity contribution in [3.05, 3.63) is 0 Å². The Morgan fingerprint density at radius 3 is 0.800 bits per heavy atom. The SMILES string of the molecule is CC(=O)N[C@H]1[C@H](O[C@@H]2[C@@H](O[C@@H]3[C@H](O)[C@H](O[C@H]4[C@H](O)[C@@H](O)C(O)O[C@@H]4CO)O[C@H](CO[C@H]4O[C@H](CO)[C@@H](O)[C@H](O)[C@@H]4O[C@@H]4O[C@H](CO)[C@@H](O[C@@H]5O[C@H](CO)[C@H](O)[C@H](O)[C@H]5O)[C@H](O)[C@H]4NC(C)=O)[C@H]3O)O[C@H](CO)[C@@H](O[C@@H]3O[C@H](CO)[C@@H](O[C@@H]4O[C@H](CO)[C@H](O)[C@H](O)[C@H]4O)[C@H](O)[C@H]3NC(C)=O)[C@@H]2O)O[C@H](CO)[C@@H](O[C@@H]2O[C@H](CO)[C@H](O)[C@H](O)[C@H]2O)[C@@H]1O. The molecule has 10 aliphatic heterocycles. The summed E-state index contributed by atoms with van der Waals surface area (Å²) in [4.78, 5) is 39.2. The Morgan fingerprint density at radius 1 is 0.217 bits per heavy atom. The summed E-state index contributed by atoms with van der Waals surface area (Å²) >= 11 is 0. The van der Waals surface area contributed by atoms with Gasteiger partial charge < -0.3 is 254 Å². The zero-order chi connectivity index (χ0) is 88.2. The lowest BCUT2D eigenvalue weighted by Crippen LogP contribution is -2.71. The number of aliphatic hydroxyl groups is 29. The predicted molar refractivity (Wildman–Crippen MR) is 364 cm³/mol. The molecule has 10 rings (SSSR count). The van der Waals surface area contributed by atoms with Crippen molar-refractivity contribution in [1.29, 1.82) is 0 Å². The van der Waals surface area contributed by atoms with Crippen molar-refractivity contribution < 1.29 is 252 Å². The first-order valence-corrected chi connectivity index (χ1v) is 38.2. The fourth-order valence-corrected chi connectivity index (χ4v) is 15.5. The van der Waals surface area contributed by atoms with Gasteiger partial charge >= 0.3 is 0 Å². The van der Waals surface area contributed by atoms with E-state index in [-0.39, 0.29) is 0 Å². The van der Waals surface area contributed by atoms with Gasteiger partial charge in [-0.2, -0.15) is 0 Å². The van der Waals surface area contributed by atoms with Gasteiger partial charge in [-0.3, -0.25) is 14.4 Å². The highest BCUT2D eigenvalue weighted by Crippen LogP contribution is 2.41. The number of ether oxygens (including phenoxy) is 19. The number of hydrogen-bond acceptors (Lipinski definition) is 51. The molecule has 54 heteroatoms. The van der Waals surface area contributed by atoms with Crippen LogP contribution in [0.5, 0.6) is 0 Å². The van der Waals surface area contributed by atoms with Gasteiger partial charge in [-0.05, 0) is 0 Å². The van der Waals surface area contributed by atoms with Gasteiger partial charge in [-0.1, -0.05) is 0 Å². The molecule has 120 heavy (non-hydrogen) atoms. The molecule has 3 amide bonds. The van der Waals surface area contributed by atoms with Gasteiger partial charge in [0.05, 0.1) is 66.1 Å². The fourth-order valence-electron chi connectivity index (χ4n) is 15.5. The van der Waals surface area contributed by atoms with Crippen LogP contribution in [0.2, 0.25) is 0 Å². The minimum absolute atomic E-state index is 0.887. The second kappa shape index (κ2) is 43.1. The third-order valence-electron chi connectivity index (χ3n) is 22.1. The predicted octanol–water partition coefficient (Wildman–Crippen LogP) is -22.4. The molecule has 0 spiro atoms. The Hall–Kier alpha value is -3.51. The van der Waals surface area contributed by atoms with Crippen molar-refractivity contribution in [2.45, 2.75) is 328 Å². The van der Waals surface area contributed by atoms with Gasteiger partial charge in [0.2, 0.25) is 17.7 Å². The van der Waals surface area contributed by atoms with Crippen LogP contribution in [0.4, 0.5) is 0 Å². The Bertz CT molecular complexity index is 3170. The first-order valence-electron chi connectivity index (χ1n) is 38.2. The van der Waals surface area contributed by atoms with Crippen LogP contribution in [0, 0.1) is 0 Å². The summed E-state index contributed by atoms with van der Waals surface area (Å²) in [5, 5.41) is 328. The highest BCUT2D eigenvalue weighted by Gasteiger charge is 2.62. The van der Waals surface area contributed by atoms with Crippen molar-refractivity contribution in [3.63, 3.8) is 0 Å². The van der Waals surface area contributed by atoms with Crippen LogP contribution in [0.15, 0.2) is 0 Å². The maximum atomic E-state index is 13.2. The highest BCUT2D eigenvalue weighted by molar-refractivity contribution is 5.74. The van der Waals surface area contributed by atoms with E-state index in [9.17, 15) is 162 Å². The maximum Gasteiger partial charge on any atom is 0.217 e. The Morgan fingerprint density at radius 2 is 0.458 bits per heavy atom. The summed E-state index contributed by atoms with van der Waals surface area (Å²) in [7, 11) is 0. The second-order valence-corrected chi connectivity index (χ2v) is 30.2. The molecule has 10 fully saturated rings. The van der Waals surface area contributed by atoms with Gasteiger partial charge in [0.1, 0.15) is 244 Å². The molecule has 0 aliphatic carbocycles.